The molecule has 3 aromatic carbocycles. The van der Waals surface area contributed by atoms with E-state index in [0.29, 0.717) is 22.3 Å². The van der Waals surface area contributed by atoms with Crippen molar-refractivity contribution in [3.8, 4) is 28.4 Å². The zero-order chi connectivity index (χ0) is 27.9. The Kier molecular flexibility index (Phi) is 8.21. The van der Waals surface area contributed by atoms with E-state index in [1.165, 1.54) is 11.8 Å². The van der Waals surface area contributed by atoms with Crippen LogP contribution in [0.4, 0.5) is 5.69 Å². The van der Waals surface area contributed by atoms with E-state index in [0.717, 1.165) is 22.6 Å². The number of nitrogens with one attached hydrogen (secondary N) is 2. The molecule has 1 unspecified atom stereocenters. The van der Waals surface area contributed by atoms with Gasteiger partial charge in [-0.25, -0.2) is 4.68 Å². The molecule has 40 heavy (non-hydrogen) atoms. The number of rotatable bonds is 9. The Morgan fingerprint density at radius 1 is 1.02 bits per heavy atom. The molecule has 2 amide bonds. The van der Waals surface area contributed by atoms with E-state index in [2.05, 4.69) is 20.8 Å². The number of amides is 2. The number of amidine groups is 1. The number of carbonyl (C=O) groups is 2. The van der Waals surface area contributed by atoms with Gasteiger partial charge in [0.25, 0.3) is 0 Å². The van der Waals surface area contributed by atoms with Crippen molar-refractivity contribution in [2.24, 2.45) is 10.2 Å². The summed E-state index contributed by atoms with van der Waals surface area (Å²) in [6, 6.07) is 24.3. The highest BCUT2D eigenvalue weighted by atomic mass is 32.2. The number of aromatic nitrogens is 2. The molecule has 0 spiro atoms. The van der Waals surface area contributed by atoms with Crippen molar-refractivity contribution >= 4 is 40.6 Å². The maximum Gasteiger partial charge on any atom is 0.240 e. The van der Waals surface area contributed by atoms with Gasteiger partial charge in [-0.1, -0.05) is 30.0 Å². The van der Waals surface area contributed by atoms with Crippen molar-refractivity contribution in [2.45, 2.75) is 11.7 Å². The van der Waals surface area contributed by atoms with Crippen molar-refractivity contribution in [2.75, 3.05) is 19.5 Å². The number of para-hydroxylation sites is 1. The molecule has 5 rings (SSSR count). The fourth-order valence-electron chi connectivity index (χ4n) is 3.95. The van der Waals surface area contributed by atoms with E-state index in [4.69, 9.17) is 14.6 Å². The minimum atomic E-state index is -0.608. The van der Waals surface area contributed by atoms with Crippen LogP contribution in [0.3, 0.4) is 0 Å². The molecule has 2 heterocycles. The van der Waals surface area contributed by atoms with Crippen molar-refractivity contribution in [1.29, 1.82) is 0 Å². The fourth-order valence-corrected chi connectivity index (χ4v) is 4.88. The zero-order valence-electron chi connectivity index (χ0n) is 21.8. The Hall–Kier alpha value is -4.90. The van der Waals surface area contributed by atoms with Gasteiger partial charge >= 0.3 is 0 Å². The predicted octanol–water partition coefficient (Wildman–Crippen LogP) is 4.51. The summed E-state index contributed by atoms with van der Waals surface area (Å²) in [6.45, 7) is 0. The van der Waals surface area contributed by atoms with E-state index in [1.54, 1.807) is 49.4 Å². The molecule has 0 aliphatic carbocycles. The number of methoxy groups -OCH3 is 2. The molecule has 1 aliphatic heterocycles. The average Bonchev–Trinajstić information content (AvgIpc) is 3.57. The topological polar surface area (TPSA) is 119 Å². The number of thioether (sulfide) groups is 1. The van der Waals surface area contributed by atoms with Crippen LogP contribution in [0.5, 0.6) is 11.5 Å². The third kappa shape index (κ3) is 6.38. The van der Waals surface area contributed by atoms with Crippen molar-refractivity contribution < 1.29 is 19.1 Å². The monoisotopic (exact) mass is 554 g/mol. The van der Waals surface area contributed by atoms with Gasteiger partial charge < -0.3 is 20.1 Å². The number of benzene rings is 3. The molecule has 4 aromatic rings. The molecule has 1 atom stereocenters. The molecule has 1 fully saturated rings. The van der Waals surface area contributed by atoms with Crippen LogP contribution in [0.15, 0.2) is 95.3 Å². The van der Waals surface area contributed by atoms with Crippen LogP contribution in [0.25, 0.3) is 16.9 Å². The average molecular weight is 555 g/mol. The van der Waals surface area contributed by atoms with Crippen LogP contribution in [-0.4, -0.2) is 52.4 Å². The van der Waals surface area contributed by atoms with E-state index >= 15 is 0 Å². The summed E-state index contributed by atoms with van der Waals surface area (Å²) in [4.78, 5) is 24.9. The number of carbonyl (C=O) groups excluding carboxylic acids is 2. The lowest BCUT2D eigenvalue weighted by molar-refractivity contribution is -0.122. The Bertz CT molecular complexity index is 1550. The SMILES string of the molecule is COc1ccc(NC(=O)CC2S/C(=N\N=C\c3cn(-c4ccccc4)nc3-c3ccc(OC)cc3)NC2=O)cc1. The predicted molar refractivity (Wildman–Crippen MR) is 156 cm³/mol. The Morgan fingerprint density at radius 3 is 2.38 bits per heavy atom. The molecule has 10 nitrogen and oxygen atoms in total. The first-order valence-corrected chi connectivity index (χ1v) is 13.2. The summed E-state index contributed by atoms with van der Waals surface area (Å²) in [5.41, 5.74) is 3.86. The molecule has 1 saturated heterocycles. The lowest BCUT2D eigenvalue weighted by atomic mass is 10.1. The first-order valence-electron chi connectivity index (χ1n) is 12.3. The van der Waals surface area contributed by atoms with Gasteiger partial charge in [0.05, 0.1) is 26.1 Å². The van der Waals surface area contributed by atoms with Crippen molar-refractivity contribution in [3.05, 3.63) is 90.6 Å². The molecule has 11 heteroatoms. The van der Waals surface area contributed by atoms with Crippen LogP contribution in [0.2, 0.25) is 0 Å². The lowest BCUT2D eigenvalue weighted by Gasteiger charge is -2.08. The standard InChI is InChI=1S/C29H26N6O4S/c1-38-23-12-8-19(9-13-23)27-20(18-35(34-27)22-6-4-3-5-7-22)17-30-33-29-32-28(37)25(40-29)16-26(36)31-21-10-14-24(39-2)15-11-21/h3-15,17-18,25H,16H2,1-2H3,(H,31,36)(H,32,33,37)/b30-17+. The van der Waals surface area contributed by atoms with E-state index in [9.17, 15) is 9.59 Å². The number of anilines is 1. The van der Waals surface area contributed by atoms with E-state index in [1.807, 2.05) is 60.8 Å². The van der Waals surface area contributed by atoms with Gasteiger partial charge in [0.2, 0.25) is 11.8 Å². The Morgan fingerprint density at radius 2 is 1.70 bits per heavy atom. The number of ether oxygens (including phenoxy) is 2. The highest BCUT2D eigenvalue weighted by molar-refractivity contribution is 8.15. The lowest BCUT2D eigenvalue weighted by Crippen LogP contribution is -2.28. The summed E-state index contributed by atoms with van der Waals surface area (Å²) in [5, 5.41) is 18.4. The number of hydrogen-bond acceptors (Lipinski definition) is 8. The quantitative estimate of drug-likeness (QED) is 0.232. The van der Waals surface area contributed by atoms with Gasteiger partial charge in [-0.05, 0) is 60.7 Å². The molecule has 202 valence electrons. The van der Waals surface area contributed by atoms with Gasteiger partial charge in [-0.3, -0.25) is 9.59 Å². The Labute approximate surface area is 235 Å². The van der Waals surface area contributed by atoms with Gasteiger partial charge in [0.15, 0.2) is 5.17 Å². The normalized spacial score (nSPS) is 15.8. The molecule has 0 saturated carbocycles. The van der Waals surface area contributed by atoms with Crippen LogP contribution < -0.4 is 20.1 Å². The maximum absolute atomic E-state index is 12.5. The van der Waals surface area contributed by atoms with E-state index < -0.39 is 5.25 Å². The second-order valence-electron chi connectivity index (χ2n) is 8.67. The Balaban J connectivity index is 1.29. The van der Waals surface area contributed by atoms with E-state index in [-0.39, 0.29) is 18.2 Å². The summed E-state index contributed by atoms with van der Waals surface area (Å²) >= 11 is 1.17. The first-order chi connectivity index (χ1) is 19.5. The molecular formula is C29H26N6O4S. The summed E-state index contributed by atoms with van der Waals surface area (Å²) in [5.74, 6) is 0.863. The van der Waals surface area contributed by atoms with Crippen molar-refractivity contribution in [1.82, 2.24) is 15.1 Å². The summed E-state index contributed by atoms with van der Waals surface area (Å²) in [7, 11) is 3.19. The van der Waals surface area contributed by atoms with Gasteiger partial charge in [0.1, 0.15) is 22.4 Å². The van der Waals surface area contributed by atoms with Gasteiger partial charge in [-0.15, -0.1) is 5.10 Å². The van der Waals surface area contributed by atoms with Gasteiger partial charge in [0, 0.05) is 29.4 Å². The van der Waals surface area contributed by atoms with Crippen molar-refractivity contribution in [3.63, 3.8) is 0 Å². The van der Waals surface area contributed by atoms with Gasteiger partial charge in [-0.2, -0.15) is 10.2 Å². The second kappa shape index (κ2) is 12.3. The summed E-state index contributed by atoms with van der Waals surface area (Å²) in [6.07, 6.45) is 3.46. The van der Waals surface area contributed by atoms with Crippen LogP contribution >= 0.6 is 11.8 Å². The minimum absolute atomic E-state index is 0.00325. The third-order valence-corrected chi connectivity index (χ3v) is 7.07. The molecule has 2 N–H and O–H groups in total. The number of nitrogens with zero attached hydrogens (tertiary/aromatic N) is 4. The minimum Gasteiger partial charge on any atom is -0.497 e. The molecule has 1 aliphatic rings. The van der Waals surface area contributed by atoms with Crippen LogP contribution in [0, 0.1) is 0 Å². The maximum atomic E-state index is 12.5. The fraction of sp³-hybridized carbons (Fsp3) is 0.138. The summed E-state index contributed by atoms with van der Waals surface area (Å²) < 4.78 is 12.2. The smallest absolute Gasteiger partial charge is 0.240 e. The highest BCUT2D eigenvalue weighted by Crippen LogP contribution is 2.26. The first kappa shape index (κ1) is 26.7. The molecule has 0 radical (unpaired) electrons. The zero-order valence-corrected chi connectivity index (χ0v) is 22.6. The second-order valence-corrected chi connectivity index (χ2v) is 9.86. The number of hydrogen-bond donors (Lipinski definition) is 2. The highest BCUT2D eigenvalue weighted by Gasteiger charge is 2.32. The third-order valence-electron chi connectivity index (χ3n) is 5.99. The largest absolute Gasteiger partial charge is 0.497 e. The molecule has 1 aromatic heterocycles. The van der Waals surface area contributed by atoms with Crippen LogP contribution in [-0.2, 0) is 9.59 Å². The van der Waals surface area contributed by atoms with Crippen LogP contribution in [0.1, 0.15) is 12.0 Å². The molecular weight excluding hydrogens is 528 g/mol. The molecule has 0 bridgehead atoms.